The van der Waals surface area contributed by atoms with Gasteiger partial charge in [0.05, 0.1) is 9.89 Å². The van der Waals surface area contributed by atoms with Gasteiger partial charge in [-0.2, -0.15) is 0 Å². The van der Waals surface area contributed by atoms with Crippen molar-refractivity contribution in [3.8, 4) is 0 Å². The van der Waals surface area contributed by atoms with Crippen molar-refractivity contribution in [1.82, 2.24) is 0 Å². The second-order valence-electron chi connectivity index (χ2n) is 5.75. The lowest BCUT2D eigenvalue weighted by Gasteiger charge is -2.37. The summed E-state index contributed by atoms with van der Waals surface area (Å²) in [4.78, 5) is 12.5. The van der Waals surface area contributed by atoms with Gasteiger partial charge >= 0.3 is 0 Å². The summed E-state index contributed by atoms with van der Waals surface area (Å²) in [5, 5.41) is 2.87. The highest BCUT2D eigenvalue weighted by atomic mass is 79.9. The van der Waals surface area contributed by atoms with E-state index in [0.717, 1.165) is 25.7 Å². The molecule has 0 heterocycles. The minimum atomic E-state index is -0.479. The maximum atomic E-state index is 13.2. The molecule has 1 aliphatic carbocycles. The fourth-order valence-corrected chi connectivity index (χ4v) is 3.05. The van der Waals surface area contributed by atoms with E-state index in [9.17, 15) is 9.18 Å². The van der Waals surface area contributed by atoms with Crippen molar-refractivity contribution in [2.75, 3.05) is 11.9 Å². The van der Waals surface area contributed by atoms with Crippen molar-refractivity contribution in [3.05, 3.63) is 28.5 Å². The number of benzene rings is 1. The predicted octanol–water partition coefficient (Wildman–Crippen LogP) is 3.68. The molecule has 0 unspecified atom stereocenters. The lowest BCUT2D eigenvalue weighted by atomic mass is 9.70. The van der Waals surface area contributed by atoms with Gasteiger partial charge in [0.1, 0.15) is 5.82 Å². The summed E-state index contributed by atoms with van der Waals surface area (Å²) in [6, 6.07) is 4.47. The van der Waals surface area contributed by atoms with Gasteiger partial charge < -0.3 is 11.1 Å². The normalized spacial score (nSPS) is 26.3. The van der Waals surface area contributed by atoms with Gasteiger partial charge in [-0.1, -0.05) is 6.92 Å². The van der Waals surface area contributed by atoms with E-state index in [2.05, 4.69) is 28.2 Å². The Hall–Kier alpha value is -0.940. The van der Waals surface area contributed by atoms with Crippen LogP contribution in [0.25, 0.3) is 0 Å². The molecule has 1 aromatic rings. The Morgan fingerprint density at radius 1 is 1.50 bits per heavy atom. The Bertz CT molecular complexity index is 499. The van der Waals surface area contributed by atoms with Crippen LogP contribution in [-0.4, -0.2) is 12.5 Å². The molecule has 20 heavy (non-hydrogen) atoms. The summed E-state index contributed by atoms with van der Waals surface area (Å²) in [5.74, 6) is 0.260. The van der Waals surface area contributed by atoms with E-state index in [1.165, 1.54) is 6.07 Å². The molecular weight excluding hydrogens is 323 g/mol. The molecule has 3 N–H and O–H groups in total. The first-order valence-corrected chi connectivity index (χ1v) is 7.73. The smallest absolute Gasteiger partial charge is 0.231 e. The molecule has 0 saturated heterocycles. The Kier molecular flexibility index (Phi) is 4.81. The number of nitrogens with two attached hydrogens (primary N) is 1. The van der Waals surface area contributed by atoms with E-state index in [-0.39, 0.29) is 11.7 Å². The van der Waals surface area contributed by atoms with Crippen LogP contribution in [0.2, 0.25) is 0 Å². The zero-order valence-electron chi connectivity index (χ0n) is 11.6. The molecule has 0 spiro atoms. The molecule has 1 amide bonds. The minimum absolute atomic E-state index is 0.0505. The number of hydrogen-bond acceptors (Lipinski definition) is 2. The van der Waals surface area contributed by atoms with Crippen LogP contribution in [0.5, 0.6) is 0 Å². The summed E-state index contributed by atoms with van der Waals surface area (Å²) in [5.41, 5.74) is 5.98. The SMILES string of the molecule is CC1CCC(CN)(C(=O)Nc2ccc(F)c(Br)c2)CC1. The third kappa shape index (κ3) is 3.20. The number of carbonyl (C=O) groups excluding carboxylic acids is 1. The molecule has 5 heteroatoms. The van der Waals surface area contributed by atoms with Crippen LogP contribution in [0, 0.1) is 17.2 Å². The Morgan fingerprint density at radius 2 is 2.15 bits per heavy atom. The first kappa shape index (κ1) is 15.4. The number of carbonyl (C=O) groups is 1. The van der Waals surface area contributed by atoms with E-state index >= 15 is 0 Å². The van der Waals surface area contributed by atoms with Gasteiger partial charge in [-0.3, -0.25) is 4.79 Å². The van der Waals surface area contributed by atoms with Crippen LogP contribution in [-0.2, 0) is 4.79 Å². The Labute approximate surface area is 127 Å². The zero-order valence-corrected chi connectivity index (χ0v) is 13.2. The van der Waals surface area contributed by atoms with Crippen molar-refractivity contribution < 1.29 is 9.18 Å². The standard InChI is InChI=1S/C15H20BrFN2O/c1-10-4-6-15(9-18,7-5-10)14(20)19-11-2-3-13(17)12(16)8-11/h2-3,8,10H,4-7,9,18H2,1H3,(H,19,20). The number of anilines is 1. The summed E-state index contributed by atoms with van der Waals surface area (Å²) < 4.78 is 13.5. The van der Waals surface area contributed by atoms with Gasteiger partial charge in [-0.15, -0.1) is 0 Å². The summed E-state index contributed by atoms with van der Waals surface area (Å²) >= 11 is 3.12. The van der Waals surface area contributed by atoms with E-state index in [1.807, 2.05) is 0 Å². The lowest BCUT2D eigenvalue weighted by Crippen LogP contribution is -2.44. The number of rotatable bonds is 3. The first-order valence-electron chi connectivity index (χ1n) is 6.93. The van der Waals surface area contributed by atoms with Gasteiger partial charge in [-0.05, 0) is 65.7 Å². The molecule has 0 aliphatic heterocycles. The van der Waals surface area contributed by atoms with E-state index in [4.69, 9.17) is 5.73 Å². The zero-order chi connectivity index (χ0) is 14.8. The third-order valence-electron chi connectivity index (χ3n) is 4.28. The molecular formula is C15H20BrFN2O. The average molecular weight is 343 g/mol. The molecule has 110 valence electrons. The summed E-state index contributed by atoms with van der Waals surface area (Å²) in [6.07, 6.45) is 3.69. The monoisotopic (exact) mass is 342 g/mol. The van der Waals surface area contributed by atoms with E-state index < -0.39 is 5.41 Å². The first-order chi connectivity index (χ1) is 9.47. The quantitative estimate of drug-likeness (QED) is 0.880. The Balaban J connectivity index is 2.11. The predicted molar refractivity (Wildman–Crippen MR) is 81.8 cm³/mol. The summed E-state index contributed by atoms with van der Waals surface area (Å²) in [7, 11) is 0. The van der Waals surface area contributed by atoms with Crippen molar-refractivity contribution in [1.29, 1.82) is 0 Å². The maximum absolute atomic E-state index is 13.2. The second kappa shape index (κ2) is 6.22. The number of hydrogen-bond donors (Lipinski definition) is 2. The number of amides is 1. The van der Waals surface area contributed by atoms with Gasteiger partial charge in [0, 0.05) is 12.2 Å². The Morgan fingerprint density at radius 3 is 2.70 bits per heavy atom. The lowest BCUT2D eigenvalue weighted by molar-refractivity contribution is -0.127. The maximum Gasteiger partial charge on any atom is 0.231 e. The van der Waals surface area contributed by atoms with Gasteiger partial charge in [0.15, 0.2) is 0 Å². The van der Waals surface area contributed by atoms with Crippen LogP contribution in [0.3, 0.4) is 0 Å². The molecule has 1 aliphatic rings. The van der Waals surface area contributed by atoms with Crippen molar-refractivity contribution >= 4 is 27.5 Å². The number of nitrogens with one attached hydrogen (secondary N) is 1. The van der Waals surface area contributed by atoms with Crippen LogP contribution >= 0.6 is 15.9 Å². The topological polar surface area (TPSA) is 55.1 Å². The van der Waals surface area contributed by atoms with Gasteiger partial charge in [0.2, 0.25) is 5.91 Å². The molecule has 0 atom stereocenters. The van der Waals surface area contributed by atoms with Crippen LogP contribution in [0.4, 0.5) is 10.1 Å². The van der Waals surface area contributed by atoms with Gasteiger partial charge in [0.25, 0.3) is 0 Å². The number of halogens is 2. The molecule has 1 aromatic carbocycles. The molecule has 2 rings (SSSR count). The molecule has 0 aromatic heterocycles. The highest BCUT2D eigenvalue weighted by molar-refractivity contribution is 9.10. The van der Waals surface area contributed by atoms with Crippen molar-refractivity contribution in [2.24, 2.45) is 17.1 Å². The van der Waals surface area contributed by atoms with Crippen LogP contribution in [0.15, 0.2) is 22.7 Å². The van der Waals surface area contributed by atoms with Crippen LogP contribution in [0.1, 0.15) is 32.6 Å². The summed E-state index contributed by atoms with van der Waals surface area (Å²) in [6.45, 7) is 2.56. The molecule has 3 nitrogen and oxygen atoms in total. The fourth-order valence-electron chi connectivity index (χ4n) is 2.68. The minimum Gasteiger partial charge on any atom is -0.329 e. The highest BCUT2D eigenvalue weighted by Gasteiger charge is 2.39. The van der Waals surface area contributed by atoms with E-state index in [1.54, 1.807) is 12.1 Å². The second-order valence-corrected chi connectivity index (χ2v) is 6.60. The third-order valence-corrected chi connectivity index (χ3v) is 4.89. The van der Waals surface area contributed by atoms with Gasteiger partial charge in [-0.25, -0.2) is 4.39 Å². The highest BCUT2D eigenvalue weighted by Crippen LogP contribution is 2.39. The molecule has 1 fully saturated rings. The van der Waals surface area contributed by atoms with E-state index in [0.29, 0.717) is 22.6 Å². The van der Waals surface area contributed by atoms with Crippen LogP contribution < -0.4 is 11.1 Å². The molecule has 0 bridgehead atoms. The average Bonchev–Trinajstić information content (AvgIpc) is 2.44. The molecule has 1 saturated carbocycles. The largest absolute Gasteiger partial charge is 0.329 e. The van der Waals surface area contributed by atoms with Crippen molar-refractivity contribution in [2.45, 2.75) is 32.6 Å². The van der Waals surface area contributed by atoms with Crippen molar-refractivity contribution in [3.63, 3.8) is 0 Å². The molecule has 0 radical (unpaired) electrons. The fraction of sp³-hybridized carbons (Fsp3) is 0.533.